The molecule has 10 heteroatoms. The van der Waals surface area contributed by atoms with Crippen molar-refractivity contribution in [3.8, 4) is 5.69 Å². The zero-order chi connectivity index (χ0) is 26.5. The number of hydrogen-bond donors (Lipinski definition) is 1. The number of aromatic nitrogens is 2. The third-order valence-corrected chi connectivity index (χ3v) is 5.93. The highest BCUT2D eigenvalue weighted by Crippen LogP contribution is 2.50. The van der Waals surface area contributed by atoms with E-state index in [-0.39, 0.29) is 23.3 Å². The quantitative estimate of drug-likeness (QED) is 0.351. The Balaban J connectivity index is 2.03. The van der Waals surface area contributed by atoms with Gasteiger partial charge in [-0.3, -0.25) is 9.36 Å². The summed E-state index contributed by atoms with van der Waals surface area (Å²) < 4.78 is 82.1. The lowest BCUT2D eigenvalue weighted by Crippen LogP contribution is -2.54. The highest BCUT2D eigenvalue weighted by molar-refractivity contribution is 5.82. The van der Waals surface area contributed by atoms with Gasteiger partial charge in [-0.2, -0.15) is 26.3 Å². The summed E-state index contributed by atoms with van der Waals surface area (Å²) in [5, 5.41) is 10.1. The van der Waals surface area contributed by atoms with Crippen molar-refractivity contribution < 1.29 is 31.4 Å². The van der Waals surface area contributed by atoms with Crippen LogP contribution in [0.1, 0.15) is 28.1 Å². The summed E-state index contributed by atoms with van der Waals surface area (Å²) in [4.78, 5) is 18.2. The number of rotatable bonds is 4. The van der Waals surface area contributed by atoms with Gasteiger partial charge in [0.1, 0.15) is 5.82 Å². The Morgan fingerprint density at radius 2 is 1.50 bits per heavy atom. The zero-order valence-corrected chi connectivity index (χ0v) is 19.1. The van der Waals surface area contributed by atoms with Crippen molar-refractivity contribution in [3.63, 3.8) is 0 Å². The lowest BCUT2D eigenvalue weighted by Gasteiger charge is -2.33. The molecule has 0 aliphatic carbocycles. The predicted octanol–water partition coefficient (Wildman–Crippen LogP) is 5.91. The lowest BCUT2D eigenvalue weighted by molar-refractivity contribution is -0.376. The number of benzene rings is 3. The largest absolute Gasteiger partial charge is 0.430 e. The van der Waals surface area contributed by atoms with Crippen LogP contribution in [-0.4, -0.2) is 27.0 Å². The first kappa shape index (κ1) is 25.4. The standard InChI is InChI=1S/C26H20F6N2O2/c1-15-11-16(2)22-20(12-15)33-21(13-17-7-4-3-5-8-17)34(23(22)35)19-10-6-9-18(14-19)24(36,25(27,28)29)26(30,31)32/h3-12,14,36H,13H2,1-2H3. The molecule has 4 rings (SSSR count). The van der Waals surface area contributed by atoms with Crippen LogP contribution < -0.4 is 5.56 Å². The molecule has 36 heavy (non-hydrogen) atoms. The molecule has 0 saturated heterocycles. The van der Waals surface area contributed by atoms with Gasteiger partial charge in [-0.1, -0.05) is 48.5 Å². The normalized spacial score (nSPS) is 12.8. The van der Waals surface area contributed by atoms with Crippen LogP contribution in [0.2, 0.25) is 0 Å². The number of fused-ring (bicyclic) bond motifs is 1. The average molecular weight is 506 g/mol. The van der Waals surface area contributed by atoms with Crippen molar-refractivity contribution in [1.29, 1.82) is 0 Å². The van der Waals surface area contributed by atoms with Crippen molar-refractivity contribution in [2.45, 2.75) is 38.2 Å². The molecule has 1 aromatic heterocycles. The molecule has 4 aromatic rings. The molecule has 0 spiro atoms. The van der Waals surface area contributed by atoms with Crippen molar-refractivity contribution in [3.05, 3.63) is 105 Å². The van der Waals surface area contributed by atoms with E-state index in [1.165, 1.54) is 6.07 Å². The Labute approximate surface area is 201 Å². The van der Waals surface area contributed by atoms with Gasteiger partial charge in [0.05, 0.1) is 16.6 Å². The van der Waals surface area contributed by atoms with Gasteiger partial charge in [0.15, 0.2) is 0 Å². The van der Waals surface area contributed by atoms with E-state index in [4.69, 9.17) is 0 Å². The summed E-state index contributed by atoms with van der Waals surface area (Å²) in [6, 6.07) is 15.4. The Morgan fingerprint density at radius 3 is 2.11 bits per heavy atom. The van der Waals surface area contributed by atoms with Gasteiger partial charge >= 0.3 is 12.4 Å². The summed E-state index contributed by atoms with van der Waals surface area (Å²) in [7, 11) is 0. The van der Waals surface area contributed by atoms with Crippen LogP contribution in [0.5, 0.6) is 0 Å². The van der Waals surface area contributed by atoms with Gasteiger partial charge in [0.25, 0.3) is 11.2 Å². The third kappa shape index (κ3) is 4.26. The minimum atomic E-state index is -6.06. The molecule has 3 aromatic carbocycles. The molecule has 0 aliphatic rings. The van der Waals surface area contributed by atoms with Crippen LogP contribution in [0.4, 0.5) is 26.3 Å². The van der Waals surface area contributed by atoms with E-state index in [9.17, 15) is 36.2 Å². The summed E-state index contributed by atoms with van der Waals surface area (Å²) in [6.07, 6.45) is -12.0. The van der Waals surface area contributed by atoms with Crippen LogP contribution in [0.15, 0.2) is 71.5 Å². The van der Waals surface area contributed by atoms with E-state index in [0.29, 0.717) is 23.2 Å². The number of hydrogen-bond acceptors (Lipinski definition) is 3. The number of halogens is 6. The monoisotopic (exact) mass is 506 g/mol. The zero-order valence-electron chi connectivity index (χ0n) is 19.1. The second-order valence-corrected chi connectivity index (χ2v) is 8.56. The number of aryl methyl sites for hydroxylation is 2. The van der Waals surface area contributed by atoms with Crippen LogP contribution in [0, 0.1) is 13.8 Å². The maximum absolute atomic E-state index is 13.6. The van der Waals surface area contributed by atoms with E-state index in [1.807, 2.05) is 6.92 Å². The Kier molecular flexibility index (Phi) is 6.20. The average Bonchev–Trinajstić information content (AvgIpc) is 2.77. The maximum Gasteiger partial charge on any atom is 0.430 e. The lowest BCUT2D eigenvalue weighted by atomic mass is 9.92. The topological polar surface area (TPSA) is 55.1 Å². The first-order chi connectivity index (χ1) is 16.7. The molecular formula is C26H20F6N2O2. The minimum Gasteiger partial charge on any atom is -0.369 e. The smallest absolute Gasteiger partial charge is 0.369 e. The fourth-order valence-corrected chi connectivity index (χ4v) is 4.25. The molecule has 4 nitrogen and oxygen atoms in total. The first-order valence-electron chi connectivity index (χ1n) is 10.8. The number of aliphatic hydroxyl groups is 1. The number of nitrogens with zero attached hydrogens (tertiary/aromatic N) is 2. The molecule has 188 valence electrons. The number of alkyl halides is 6. The highest BCUT2D eigenvalue weighted by atomic mass is 19.4. The molecule has 0 saturated carbocycles. The molecular weight excluding hydrogens is 486 g/mol. The SMILES string of the molecule is Cc1cc(C)c2c(=O)n(-c3cccc(C(O)(C(F)(F)F)C(F)(F)F)c3)c(Cc3ccccc3)nc2c1. The van der Waals surface area contributed by atoms with E-state index < -0.39 is 29.1 Å². The Bertz CT molecular complexity index is 1480. The van der Waals surface area contributed by atoms with E-state index in [0.717, 1.165) is 21.8 Å². The summed E-state index contributed by atoms with van der Waals surface area (Å²) in [6.45, 7) is 3.48. The summed E-state index contributed by atoms with van der Waals surface area (Å²) in [5.41, 5.74) is -5.06. The van der Waals surface area contributed by atoms with Crippen molar-refractivity contribution in [1.82, 2.24) is 9.55 Å². The third-order valence-electron chi connectivity index (χ3n) is 5.93. The summed E-state index contributed by atoms with van der Waals surface area (Å²) in [5.74, 6) is 0.114. The molecule has 0 radical (unpaired) electrons. The molecule has 0 aliphatic heterocycles. The van der Waals surface area contributed by atoms with E-state index >= 15 is 0 Å². The molecule has 1 heterocycles. The molecule has 1 N–H and O–H groups in total. The summed E-state index contributed by atoms with van der Waals surface area (Å²) >= 11 is 0. The van der Waals surface area contributed by atoms with Crippen LogP contribution >= 0.6 is 0 Å². The maximum atomic E-state index is 13.6. The Morgan fingerprint density at radius 1 is 0.861 bits per heavy atom. The van der Waals surface area contributed by atoms with Gasteiger partial charge in [-0.05, 0) is 48.7 Å². The highest BCUT2D eigenvalue weighted by Gasteiger charge is 2.71. The van der Waals surface area contributed by atoms with Crippen molar-refractivity contribution >= 4 is 10.9 Å². The molecule has 0 unspecified atom stereocenters. The Hall–Kier alpha value is -3.66. The first-order valence-corrected chi connectivity index (χ1v) is 10.8. The second kappa shape index (κ2) is 8.77. The molecule has 0 atom stereocenters. The van der Waals surface area contributed by atoms with E-state index in [1.54, 1.807) is 49.4 Å². The van der Waals surface area contributed by atoms with Gasteiger partial charge in [-0.15, -0.1) is 0 Å². The van der Waals surface area contributed by atoms with Gasteiger partial charge in [0, 0.05) is 12.0 Å². The molecule has 0 bridgehead atoms. The molecule has 0 fully saturated rings. The van der Waals surface area contributed by atoms with Crippen LogP contribution in [-0.2, 0) is 12.0 Å². The fourth-order valence-electron chi connectivity index (χ4n) is 4.25. The van der Waals surface area contributed by atoms with Gasteiger partial charge in [-0.25, -0.2) is 4.98 Å². The minimum absolute atomic E-state index is 0.0754. The van der Waals surface area contributed by atoms with E-state index in [2.05, 4.69) is 4.98 Å². The van der Waals surface area contributed by atoms with Gasteiger partial charge in [0.2, 0.25) is 0 Å². The molecule has 0 amide bonds. The van der Waals surface area contributed by atoms with Crippen LogP contribution in [0.25, 0.3) is 16.6 Å². The second-order valence-electron chi connectivity index (χ2n) is 8.56. The van der Waals surface area contributed by atoms with Gasteiger partial charge < -0.3 is 5.11 Å². The predicted molar refractivity (Wildman–Crippen MR) is 122 cm³/mol. The van der Waals surface area contributed by atoms with Crippen molar-refractivity contribution in [2.75, 3.05) is 0 Å². The van der Waals surface area contributed by atoms with Crippen LogP contribution in [0.3, 0.4) is 0 Å². The fraction of sp³-hybridized carbons (Fsp3) is 0.231. The van der Waals surface area contributed by atoms with Crippen molar-refractivity contribution in [2.24, 2.45) is 0 Å².